The molecule has 172 valence electrons. The van der Waals surface area contributed by atoms with Gasteiger partial charge in [0.2, 0.25) is 0 Å². The molecular weight excluding hydrogens is 444 g/mol. The summed E-state index contributed by atoms with van der Waals surface area (Å²) >= 11 is 1.58. The largest absolute Gasteiger partial charge is 0.464 e. The van der Waals surface area contributed by atoms with Gasteiger partial charge in [-0.25, -0.2) is 4.79 Å². The van der Waals surface area contributed by atoms with Crippen LogP contribution in [0.3, 0.4) is 0 Å². The van der Waals surface area contributed by atoms with Crippen molar-refractivity contribution in [2.24, 2.45) is 0 Å². The first-order valence-corrected chi connectivity index (χ1v) is 15.5. The second-order valence-corrected chi connectivity index (χ2v) is 15.2. The highest BCUT2D eigenvalue weighted by atomic mass is 32.2. The van der Waals surface area contributed by atoms with E-state index in [0.717, 1.165) is 6.04 Å². The highest BCUT2D eigenvalue weighted by molar-refractivity contribution is 7.98. The predicted octanol–water partition coefficient (Wildman–Crippen LogP) is 4.99. The van der Waals surface area contributed by atoms with Crippen LogP contribution >= 0.6 is 11.8 Å². The molecule has 0 aliphatic rings. The zero-order valence-electron chi connectivity index (χ0n) is 18.9. The number of benzene rings is 2. The third-order valence-corrected chi connectivity index (χ3v) is 7.19. The Bertz CT molecular complexity index is 947. The van der Waals surface area contributed by atoms with Crippen LogP contribution < -0.4 is 5.32 Å². The molecule has 1 unspecified atom stereocenters. The highest BCUT2D eigenvalue weighted by Gasteiger charge is 2.25. The van der Waals surface area contributed by atoms with E-state index in [1.807, 2.05) is 12.3 Å². The van der Waals surface area contributed by atoms with Crippen LogP contribution in [0.4, 0.5) is 5.69 Å². The van der Waals surface area contributed by atoms with Crippen molar-refractivity contribution < 1.29 is 19.2 Å². The molecule has 2 rings (SSSR count). The summed E-state index contributed by atoms with van der Waals surface area (Å²) in [5.41, 5.74) is 1.28. The number of hydrogen-bond acceptors (Lipinski definition) is 6. The Morgan fingerprint density at radius 2 is 1.84 bits per heavy atom. The topological polar surface area (TPSA) is 98.5 Å². The summed E-state index contributed by atoms with van der Waals surface area (Å²) in [5, 5.41) is 14.1. The van der Waals surface area contributed by atoms with E-state index in [1.54, 1.807) is 36.0 Å². The van der Waals surface area contributed by atoms with Gasteiger partial charge >= 0.3 is 5.97 Å². The Morgan fingerprint density at radius 3 is 2.44 bits per heavy atom. The summed E-state index contributed by atoms with van der Waals surface area (Å²) in [5.74, 6) is -0.235. The molecule has 0 heterocycles. The molecule has 0 saturated carbocycles. The van der Waals surface area contributed by atoms with E-state index in [-0.39, 0.29) is 11.3 Å². The summed E-state index contributed by atoms with van der Waals surface area (Å²) < 4.78 is 5.46. The smallest absolute Gasteiger partial charge is 0.328 e. The number of rotatable bonds is 11. The molecule has 2 aromatic rings. The third kappa shape index (κ3) is 7.80. The fourth-order valence-electron chi connectivity index (χ4n) is 2.98. The molecule has 0 spiro atoms. The summed E-state index contributed by atoms with van der Waals surface area (Å²) in [4.78, 5) is 36.6. The van der Waals surface area contributed by atoms with Gasteiger partial charge in [-0.2, -0.15) is 11.8 Å². The molecular formula is C23H30N2O5SSi. The van der Waals surface area contributed by atoms with E-state index in [0.29, 0.717) is 29.9 Å². The number of carbonyl (C=O) groups excluding carboxylic acids is 2. The molecule has 0 saturated heterocycles. The number of thioether (sulfide) groups is 1. The fourth-order valence-corrected chi connectivity index (χ4v) is 4.17. The summed E-state index contributed by atoms with van der Waals surface area (Å²) in [7, 11) is -1.35. The second kappa shape index (κ2) is 11.8. The SMILES string of the molecule is CSCCC(NC(=O)c1ccc([N+](=O)[O-])cc1-c1ccccc1)C(=O)OCC[Si](C)(C)C. The zero-order valence-corrected chi connectivity index (χ0v) is 20.7. The van der Waals surface area contributed by atoms with Crippen molar-refractivity contribution in [3.63, 3.8) is 0 Å². The van der Waals surface area contributed by atoms with Gasteiger partial charge in [-0.05, 0) is 36.1 Å². The third-order valence-electron chi connectivity index (χ3n) is 4.84. The lowest BCUT2D eigenvalue weighted by Gasteiger charge is -2.20. The van der Waals surface area contributed by atoms with Crippen LogP contribution in [0.15, 0.2) is 48.5 Å². The number of hydrogen-bond donors (Lipinski definition) is 1. The minimum absolute atomic E-state index is 0.106. The molecule has 0 fully saturated rings. The maximum absolute atomic E-state index is 13.1. The molecule has 1 N–H and O–H groups in total. The molecule has 0 aromatic heterocycles. The molecule has 9 heteroatoms. The average Bonchev–Trinajstić information content (AvgIpc) is 2.75. The van der Waals surface area contributed by atoms with Crippen LogP contribution in [0.25, 0.3) is 11.1 Å². The number of non-ortho nitro benzene ring substituents is 1. The monoisotopic (exact) mass is 474 g/mol. The summed E-state index contributed by atoms with van der Waals surface area (Å²) in [6.07, 6.45) is 2.37. The number of nitrogens with zero attached hydrogens (tertiary/aromatic N) is 1. The van der Waals surface area contributed by atoms with Crippen molar-refractivity contribution >= 4 is 37.4 Å². The van der Waals surface area contributed by atoms with Gasteiger partial charge in [-0.15, -0.1) is 0 Å². The molecule has 1 atom stereocenters. The van der Waals surface area contributed by atoms with Crippen molar-refractivity contribution in [3.8, 4) is 11.1 Å². The number of carbonyl (C=O) groups is 2. The number of amides is 1. The van der Waals surface area contributed by atoms with Gasteiger partial charge < -0.3 is 10.1 Å². The molecule has 0 aliphatic heterocycles. The number of esters is 1. The van der Waals surface area contributed by atoms with Gasteiger partial charge in [-0.1, -0.05) is 50.0 Å². The zero-order chi connectivity index (χ0) is 23.7. The Labute approximate surface area is 194 Å². The number of nitro benzene ring substituents is 1. The van der Waals surface area contributed by atoms with E-state index in [9.17, 15) is 19.7 Å². The lowest BCUT2D eigenvalue weighted by Crippen LogP contribution is -2.42. The first-order chi connectivity index (χ1) is 15.1. The number of nitro groups is 1. The molecule has 7 nitrogen and oxygen atoms in total. The summed E-state index contributed by atoms with van der Waals surface area (Å²) in [6.45, 7) is 6.95. The molecule has 0 aliphatic carbocycles. The minimum atomic E-state index is -1.35. The normalized spacial score (nSPS) is 12.1. The van der Waals surface area contributed by atoms with Crippen molar-refractivity contribution in [1.82, 2.24) is 5.32 Å². The van der Waals surface area contributed by atoms with Crippen molar-refractivity contribution in [3.05, 3.63) is 64.2 Å². The molecule has 0 bridgehead atoms. The van der Waals surface area contributed by atoms with Crippen LogP contribution in [0.1, 0.15) is 16.8 Å². The maximum atomic E-state index is 13.1. The lowest BCUT2D eigenvalue weighted by molar-refractivity contribution is -0.384. The van der Waals surface area contributed by atoms with Crippen molar-refractivity contribution in [2.75, 3.05) is 18.6 Å². The maximum Gasteiger partial charge on any atom is 0.328 e. The van der Waals surface area contributed by atoms with E-state index in [2.05, 4.69) is 25.0 Å². The van der Waals surface area contributed by atoms with E-state index in [1.165, 1.54) is 18.2 Å². The van der Waals surface area contributed by atoms with Crippen LogP contribution in [-0.4, -0.2) is 49.5 Å². The van der Waals surface area contributed by atoms with E-state index in [4.69, 9.17) is 4.74 Å². The van der Waals surface area contributed by atoms with Crippen LogP contribution in [0.5, 0.6) is 0 Å². The van der Waals surface area contributed by atoms with Crippen LogP contribution in [-0.2, 0) is 9.53 Å². The highest BCUT2D eigenvalue weighted by Crippen LogP contribution is 2.28. The first-order valence-electron chi connectivity index (χ1n) is 10.4. The predicted molar refractivity (Wildman–Crippen MR) is 132 cm³/mol. The molecule has 2 aromatic carbocycles. The quantitative estimate of drug-likeness (QED) is 0.213. The van der Waals surface area contributed by atoms with E-state index >= 15 is 0 Å². The fraction of sp³-hybridized carbons (Fsp3) is 0.391. The van der Waals surface area contributed by atoms with Gasteiger partial charge in [0.1, 0.15) is 6.04 Å². The van der Waals surface area contributed by atoms with Crippen molar-refractivity contribution in [1.29, 1.82) is 0 Å². The van der Waals surface area contributed by atoms with Gasteiger partial charge in [0.15, 0.2) is 0 Å². The number of nitrogens with one attached hydrogen (secondary N) is 1. The average molecular weight is 475 g/mol. The first kappa shape index (κ1) is 25.6. The van der Waals surface area contributed by atoms with Crippen LogP contribution in [0, 0.1) is 10.1 Å². The Morgan fingerprint density at radius 1 is 1.16 bits per heavy atom. The van der Waals surface area contributed by atoms with Gasteiger partial charge in [0, 0.05) is 31.3 Å². The van der Waals surface area contributed by atoms with E-state index < -0.39 is 30.9 Å². The number of ether oxygens (including phenoxy) is 1. The van der Waals surface area contributed by atoms with Crippen molar-refractivity contribution in [2.45, 2.75) is 38.1 Å². The van der Waals surface area contributed by atoms with Crippen LogP contribution in [0.2, 0.25) is 25.7 Å². The Hall–Kier alpha value is -2.65. The molecule has 32 heavy (non-hydrogen) atoms. The molecule has 1 amide bonds. The standard InChI is InChI=1S/C23H30N2O5SSi/c1-31-14-12-21(23(27)30-13-15-32(2,3)4)24-22(26)19-11-10-18(25(28)29)16-20(19)17-8-6-5-7-9-17/h5-11,16,21H,12-15H2,1-4H3,(H,24,26). The van der Waals surface area contributed by atoms with Gasteiger partial charge in [0.25, 0.3) is 11.6 Å². The molecule has 0 radical (unpaired) electrons. The lowest BCUT2D eigenvalue weighted by atomic mass is 9.98. The Balaban J connectivity index is 2.26. The van der Waals surface area contributed by atoms with Gasteiger partial charge in [0.05, 0.1) is 11.5 Å². The van der Waals surface area contributed by atoms with Gasteiger partial charge in [-0.3, -0.25) is 14.9 Å². The summed E-state index contributed by atoms with van der Waals surface area (Å²) in [6, 6.07) is 13.2. The minimum Gasteiger partial charge on any atom is -0.464 e. The Kier molecular flexibility index (Phi) is 9.46. The second-order valence-electron chi connectivity index (χ2n) is 8.64.